The van der Waals surface area contributed by atoms with Crippen molar-refractivity contribution in [2.75, 3.05) is 19.6 Å². The van der Waals surface area contributed by atoms with E-state index in [1.54, 1.807) is 0 Å². The first-order valence-corrected chi connectivity index (χ1v) is 5.19. The molecule has 0 aromatic carbocycles. The summed E-state index contributed by atoms with van der Waals surface area (Å²) < 4.78 is 0. The maximum atomic E-state index is 5.78. The Labute approximate surface area is 79.4 Å². The first kappa shape index (κ1) is 8.58. The van der Waals surface area contributed by atoms with Crippen molar-refractivity contribution in [2.24, 2.45) is 11.8 Å². The summed E-state index contributed by atoms with van der Waals surface area (Å²) >= 11 is 5.78. The van der Waals surface area contributed by atoms with Crippen LogP contribution in [-0.4, -0.2) is 24.5 Å². The summed E-state index contributed by atoms with van der Waals surface area (Å²) in [6.07, 6.45) is 4.33. The Morgan fingerprint density at radius 3 is 2.42 bits per heavy atom. The van der Waals surface area contributed by atoms with E-state index in [0.29, 0.717) is 0 Å². The highest BCUT2D eigenvalue weighted by Crippen LogP contribution is 2.37. The number of hydrogen-bond acceptors (Lipinski definition) is 1. The highest BCUT2D eigenvalue weighted by atomic mass is 35.5. The second-order valence-corrected chi connectivity index (χ2v) is 4.70. The smallest absolute Gasteiger partial charge is 0.0335 e. The second kappa shape index (κ2) is 3.39. The van der Waals surface area contributed by atoms with Crippen LogP contribution in [0.1, 0.15) is 19.3 Å². The molecule has 1 saturated carbocycles. The quantitative estimate of drug-likeness (QED) is 0.639. The van der Waals surface area contributed by atoms with Crippen molar-refractivity contribution in [3.63, 3.8) is 0 Å². The molecule has 1 heterocycles. The molecule has 2 aliphatic rings. The lowest BCUT2D eigenvalue weighted by Gasteiger charge is -2.14. The third-order valence-corrected chi connectivity index (χ3v) is 3.32. The number of rotatable bonds is 2. The average Bonchev–Trinajstić information content (AvgIpc) is 2.43. The molecule has 0 N–H and O–H groups in total. The lowest BCUT2D eigenvalue weighted by Crippen LogP contribution is -2.22. The predicted octanol–water partition coefficient (Wildman–Crippen LogP) is 2.47. The van der Waals surface area contributed by atoms with Crippen LogP contribution in [0.15, 0.2) is 11.6 Å². The lowest BCUT2D eigenvalue weighted by molar-refractivity contribution is 0.342. The van der Waals surface area contributed by atoms with Gasteiger partial charge in [0.15, 0.2) is 0 Å². The zero-order valence-electron chi connectivity index (χ0n) is 7.43. The van der Waals surface area contributed by atoms with E-state index >= 15 is 0 Å². The topological polar surface area (TPSA) is 3.24 Å². The summed E-state index contributed by atoms with van der Waals surface area (Å²) in [5, 5.41) is 0.787. The van der Waals surface area contributed by atoms with Crippen LogP contribution in [0.25, 0.3) is 0 Å². The van der Waals surface area contributed by atoms with Crippen molar-refractivity contribution >= 4 is 11.6 Å². The molecule has 2 fully saturated rings. The average molecular weight is 186 g/mol. The number of halogens is 1. The molecule has 1 nitrogen and oxygen atoms in total. The molecule has 0 radical (unpaired) electrons. The van der Waals surface area contributed by atoms with E-state index in [2.05, 4.69) is 11.5 Å². The molecule has 1 aliphatic carbocycles. The van der Waals surface area contributed by atoms with Gasteiger partial charge in [-0.2, -0.15) is 0 Å². The lowest BCUT2D eigenvalue weighted by atomic mass is 10.0. The van der Waals surface area contributed by atoms with Crippen molar-refractivity contribution in [3.8, 4) is 0 Å². The van der Waals surface area contributed by atoms with E-state index in [4.69, 9.17) is 11.6 Å². The van der Waals surface area contributed by atoms with Gasteiger partial charge < -0.3 is 0 Å². The molecule has 0 bridgehead atoms. The fourth-order valence-corrected chi connectivity index (χ4v) is 2.87. The summed E-state index contributed by atoms with van der Waals surface area (Å²) in [7, 11) is 0. The van der Waals surface area contributed by atoms with Crippen LogP contribution in [0.4, 0.5) is 0 Å². The van der Waals surface area contributed by atoms with Gasteiger partial charge in [-0.3, -0.25) is 4.90 Å². The second-order valence-electron chi connectivity index (χ2n) is 4.16. The minimum absolute atomic E-state index is 0.787. The molecule has 0 amide bonds. The number of hydrogen-bond donors (Lipinski definition) is 0. The largest absolute Gasteiger partial charge is 0.298 e. The fourth-order valence-electron chi connectivity index (χ4n) is 2.70. The van der Waals surface area contributed by atoms with Gasteiger partial charge in [-0.25, -0.2) is 0 Å². The normalized spacial score (nSPS) is 35.4. The number of likely N-dealkylation sites (tertiary alicyclic amines) is 1. The molecule has 2 rings (SSSR count). The molecule has 1 aliphatic heterocycles. The highest BCUT2D eigenvalue weighted by Gasteiger charge is 2.35. The Hall–Kier alpha value is -0.0100. The van der Waals surface area contributed by atoms with E-state index in [1.807, 2.05) is 0 Å². The van der Waals surface area contributed by atoms with Crippen LogP contribution in [0.3, 0.4) is 0 Å². The van der Waals surface area contributed by atoms with Gasteiger partial charge in [0.1, 0.15) is 0 Å². The van der Waals surface area contributed by atoms with E-state index in [-0.39, 0.29) is 0 Å². The van der Waals surface area contributed by atoms with Gasteiger partial charge in [-0.15, -0.1) is 0 Å². The van der Waals surface area contributed by atoms with Gasteiger partial charge in [-0.1, -0.05) is 24.6 Å². The third-order valence-electron chi connectivity index (χ3n) is 3.20. The Morgan fingerprint density at radius 1 is 1.33 bits per heavy atom. The molecule has 0 spiro atoms. The molecular weight excluding hydrogens is 170 g/mol. The van der Waals surface area contributed by atoms with Crippen molar-refractivity contribution in [1.29, 1.82) is 0 Å². The molecule has 0 aromatic rings. The maximum Gasteiger partial charge on any atom is 0.0335 e. The number of fused-ring (bicyclic) bond motifs is 1. The van der Waals surface area contributed by atoms with Gasteiger partial charge in [0.25, 0.3) is 0 Å². The van der Waals surface area contributed by atoms with Crippen LogP contribution in [0, 0.1) is 11.8 Å². The van der Waals surface area contributed by atoms with Crippen molar-refractivity contribution < 1.29 is 0 Å². The zero-order chi connectivity index (χ0) is 8.55. The predicted molar refractivity (Wildman–Crippen MR) is 52.3 cm³/mol. The minimum Gasteiger partial charge on any atom is -0.298 e. The summed E-state index contributed by atoms with van der Waals surface area (Å²) in [6.45, 7) is 7.15. The molecule has 1 saturated heterocycles. The zero-order valence-corrected chi connectivity index (χ0v) is 8.19. The molecule has 2 unspecified atom stereocenters. The first-order valence-electron chi connectivity index (χ1n) is 4.81. The Kier molecular flexibility index (Phi) is 2.42. The summed E-state index contributed by atoms with van der Waals surface area (Å²) in [4.78, 5) is 2.45. The Balaban J connectivity index is 1.86. The van der Waals surface area contributed by atoms with E-state index in [9.17, 15) is 0 Å². The third kappa shape index (κ3) is 1.67. The van der Waals surface area contributed by atoms with Crippen molar-refractivity contribution in [2.45, 2.75) is 19.3 Å². The monoisotopic (exact) mass is 185 g/mol. The SMILES string of the molecule is C=C(Cl)CN1CC2CCCC2C1. The van der Waals surface area contributed by atoms with Crippen LogP contribution in [0.5, 0.6) is 0 Å². The molecule has 12 heavy (non-hydrogen) atoms. The van der Waals surface area contributed by atoms with Crippen LogP contribution in [0.2, 0.25) is 0 Å². The van der Waals surface area contributed by atoms with E-state index in [1.165, 1.54) is 32.4 Å². The number of nitrogens with zero attached hydrogens (tertiary/aromatic N) is 1. The summed E-state index contributed by atoms with van der Waals surface area (Å²) in [5.41, 5.74) is 0. The maximum absolute atomic E-state index is 5.78. The minimum atomic E-state index is 0.787. The standard InChI is InChI=1S/C10H16ClN/c1-8(11)5-12-6-9-3-2-4-10(9)7-12/h9-10H,1-7H2. The Morgan fingerprint density at radius 2 is 1.92 bits per heavy atom. The van der Waals surface area contributed by atoms with E-state index in [0.717, 1.165) is 23.4 Å². The molecule has 2 heteroatoms. The Bertz CT molecular complexity index is 178. The van der Waals surface area contributed by atoms with Gasteiger partial charge >= 0.3 is 0 Å². The fraction of sp³-hybridized carbons (Fsp3) is 0.800. The first-order chi connectivity index (χ1) is 5.75. The summed E-state index contributed by atoms with van der Waals surface area (Å²) in [5.74, 6) is 1.95. The van der Waals surface area contributed by atoms with Gasteiger partial charge in [0.2, 0.25) is 0 Å². The van der Waals surface area contributed by atoms with Crippen molar-refractivity contribution in [3.05, 3.63) is 11.6 Å². The van der Waals surface area contributed by atoms with Gasteiger partial charge in [0, 0.05) is 24.7 Å². The van der Waals surface area contributed by atoms with Crippen LogP contribution >= 0.6 is 11.6 Å². The van der Waals surface area contributed by atoms with Crippen molar-refractivity contribution in [1.82, 2.24) is 4.90 Å². The van der Waals surface area contributed by atoms with Crippen LogP contribution < -0.4 is 0 Å². The molecule has 2 atom stereocenters. The summed E-state index contributed by atoms with van der Waals surface area (Å²) in [6, 6.07) is 0. The van der Waals surface area contributed by atoms with Gasteiger partial charge in [-0.05, 0) is 24.7 Å². The van der Waals surface area contributed by atoms with Crippen LogP contribution in [-0.2, 0) is 0 Å². The molecular formula is C10H16ClN. The van der Waals surface area contributed by atoms with Gasteiger partial charge in [0.05, 0.1) is 0 Å². The molecule has 0 aromatic heterocycles. The van der Waals surface area contributed by atoms with E-state index < -0.39 is 0 Å². The highest BCUT2D eigenvalue weighted by molar-refractivity contribution is 6.29. The molecule has 68 valence electrons.